The summed E-state index contributed by atoms with van der Waals surface area (Å²) in [5.41, 5.74) is 4.29. The third-order valence-corrected chi connectivity index (χ3v) is 17.8. The average molecular weight is 763 g/mol. The number of hydrogen-bond donors (Lipinski definition) is 0. The summed E-state index contributed by atoms with van der Waals surface area (Å²) in [6.07, 6.45) is 0. The van der Waals surface area contributed by atoms with Crippen LogP contribution in [-0.2, 0) is 23.6 Å². The molecule has 6 aromatic carbocycles. The molecule has 0 saturated carbocycles. The van der Waals surface area contributed by atoms with E-state index in [1.165, 1.54) is 5.56 Å². The van der Waals surface area contributed by atoms with E-state index < -0.39 is 12.1 Å². The zero-order chi connectivity index (χ0) is 36.6. The Morgan fingerprint density at radius 1 is 0.462 bits per heavy atom. The third kappa shape index (κ3) is 8.12. The van der Waals surface area contributed by atoms with Crippen LogP contribution in [0, 0.1) is 20.8 Å². The molecule has 0 heterocycles. The van der Waals surface area contributed by atoms with Gasteiger partial charge < -0.3 is 9.47 Å². The minimum atomic E-state index is -2.78. The summed E-state index contributed by atoms with van der Waals surface area (Å²) in [5, 5.41) is 3.58. The van der Waals surface area contributed by atoms with Crippen molar-refractivity contribution in [3.63, 3.8) is 0 Å². The Balaban J connectivity index is 0.000000228. The van der Waals surface area contributed by atoms with Crippen LogP contribution in [0.1, 0.15) is 44.8 Å². The molecule has 266 valence electrons. The summed E-state index contributed by atoms with van der Waals surface area (Å²) in [7, 11) is 3.08. The van der Waals surface area contributed by atoms with Crippen molar-refractivity contribution in [1.82, 2.24) is 0 Å². The van der Waals surface area contributed by atoms with Crippen LogP contribution in [0.4, 0.5) is 0 Å². The first-order chi connectivity index (χ1) is 24.6. The smallest absolute Gasteiger partial charge is 0.209 e. The largest absolute Gasteiger partial charge is 0.496 e. The van der Waals surface area contributed by atoms with Gasteiger partial charge in [0.05, 0.1) is 26.3 Å². The molecule has 0 fully saturated rings. The zero-order valence-corrected chi connectivity index (χ0v) is 32.7. The molecule has 0 aliphatic rings. The van der Waals surface area contributed by atoms with Gasteiger partial charge in [-0.25, -0.2) is 0 Å². The van der Waals surface area contributed by atoms with E-state index in [-0.39, 0.29) is 18.5 Å². The molecule has 0 atom stereocenters. The average Bonchev–Trinajstić information content (AvgIpc) is 3.17. The van der Waals surface area contributed by atoms with Gasteiger partial charge in [0.1, 0.15) is 17.1 Å². The summed E-state index contributed by atoms with van der Waals surface area (Å²) in [6, 6.07) is 42.9. The Morgan fingerprint density at radius 2 is 0.750 bits per heavy atom. The van der Waals surface area contributed by atoms with Crippen LogP contribution < -0.4 is 30.7 Å². The van der Waals surface area contributed by atoms with Crippen LogP contribution >= 0.6 is 12.1 Å². The molecule has 6 aromatic rings. The van der Waals surface area contributed by atoms with E-state index in [1.807, 2.05) is 135 Å². The first-order valence-corrected chi connectivity index (χ1v) is 22.0. The second-order valence-electron chi connectivity index (χ2n) is 12.0. The highest BCUT2D eigenvalue weighted by atomic mass is 32.4. The number of carbonyl (C=O) groups excluding carboxylic acids is 2. The molecule has 0 aliphatic carbocycles. The van der Waals surface area contributed by atoms with Gasteiger partial charge >= 0.3 is 0 Å². The zero-order valence-electron chi connectivity index (χ0n) is 29.3. The Morgan fingerprint density at radius 3 is 1.04 bits per heavy atom. The fourth-order valence-corrected chi connectivity index (χ4v) is 13.3. The molecular weight excluding hydrogens is 719 g/mol. The van der Waals surface area contributed by atoms with Crippen LogP contribution in [0.15, 0.2) is 152 Å². The number of aryl methyl sites for hydroxylation is 3. The van der Waals surface area contributed by atoms with E-state index in [0.717, 1.165) is 37.9 Å². The number of hydrogen-bond acceptors (Lipinski definition) is 6. The maximum absolute atomic E-state index is 13.8. The van der Waals surface area contributed by atoms with E-state index in [4.69, 9.17) is 33.1 Å². The molecule has 0 aliphatic heterocycles. The van der Waals surface area contributed by atoms with Crippen molar-refractivity contribution >= 4 is 68.0 Å². The van der Waals surface area contributed by atoms with Crippen molar-refractivity contribution in [2.75, 3.05) is 14.2 Å². The van der Waals surface area contributed by atoms with E-state index >= 15 is 0 Å². The van der Waals surface area contributed by atoms with Crippen molar-refractivity contribution in [2.24, 2.45) is 0 Å². The molecule has 8 heteroatoms. The van der Waals surface area contributed by atoms with Gasteiger partial charge in [0.15, 0.2) is 0 Å². The van der Waals surface area contributed by atoms with Crippen LogP contribution in [0.25, 0.3) is 0 Å². The fraction of sp³-hybridized carbons (Fsp3) is 0.136. The van der Waals surface area contributed by atoms with Crippen molar-refractivity contribution in [3.05, 3.63) is 179 Å². The first-order valence-electron chi connectivity index (χ1n) is 16.4. The van der Waals surface area contributed by atoms with Crippen molar-refractivity contribution in [3.8, 4) is 11.5 Å². The molecule has 6 rings (SSSR count). The lowest BCUT2D eigenvalue weighted by Crippen LogP contribution is -2.23. The van der Waals surface area contributed by atoms with Crippen LogP contribution in [0.5, 0.6) is 11.5 Å². The number of benzene rings is 6. The summed E-state index contributed by atoms with van der Waals surface area (Å²) < 4.78 is 10.9. The standard InChI is InChI=1S/C22H21OPS.C21H19O3PS.CH4/c1-16-14-17(2)21(18(3)15-16)22(23)24(25,19-10-6-4-7-11-19)20-12-8-5-9-13-20;1-23-18-14-9-15-19(24-2)20(18)21(22)25(26,16-10-5-3-6-11-16)17-12-7-4-8-13-17;/h4-15H,1-3H3;3-15H,1-2H3;1H4. The maximum Gasteiger partial charge on any atom is 0.209 e. The normalized spacial score (nSPS) is 10.9. The topological polar surface area (TPSA) is 52.6 Å². The number of rotatable bonds is 10. The highest BCUT2D eigenvalue weighted by Gasteiger charge is 2.36. The third-order valence-electron chi connectivity index (χ3n) is 8.58. The van der Waals surface area contributed by atoms with Gasteiger partial charge in [0, 0.05) is 5.56 Å². The summed E-state index contributed by atoms with van der Waals surface area (Å²) in [6.45, 7) is 6.06. The molecule has 0 unspecified atom stereocenters. The van der Waals surface area contributed by atoms with Crippen molar-refractivity contribution < 1.29 is 19.1 Å². The fourth-order valence-electron chi connectivity index (χ4n) is 6.21. The van der Waals surface area contributed by atoms with Crippen LogP contribution in [-0.4, -0.2) is 25.3 Å². The van der Waals surface area contributed by atoms with Gasteiger partial charge in [-0.05, 0) is 65.2 Å². The SMILES string of the molecule is C.COc1cccc(OC)c1C(=O)P(=S)(c1ccccc1)c1ccccc1.Cc1cc(C)c(C(=O)P(=S)(c2ccccc2)c2ccccc2)c(C)c1. The molecule has 0 N–H and O–H groups in total. The molecule has 0 aromatic heterocycles. The molecular formula is C44H44O4P2S2. The molecule has 0 bridgehead atoms. The van der Waals surface area contributed by atoms with Crippen LogP contribution in [0.2, 0.25) is 0 Å². The van der Waals surface area contributed by atoms with Gasteiger partial charge in [-0.1, -0.05) is 176 Å². The minimum Gasteiger partial charge on any atom is -0.496 e. The predicted octanol–water partition coefficient (Wildman–Crippen LogP) is 9.49. The van der Waals surface area contributed by atoms with E-state index in [1.54, 1.807) is 32.4 Å². The second-order valence-corrected chi connectivity index (χ2v) is 20.6. The Kier molecular flexibility index (Phi) is 13.9. The first kappa shape index (κ1) is 40.3. The van der Waals surface area contributed by atoms with Crippen LogP contribution in [0.3, 0.4) is 0 Å². The number of methoxy groups -OCH3 is 2. The molecule has 0 spiro atoms. The Labute approximate surface area is 318 Å². The highest BCUT2D eigenvalue weighted by Crippen LogP contribution is 2.51. The van der Waals surface area contributed by atoms with E-state index in [0.29, 0.717) is 17.1 Å². The van der Waals surface area contributed by atoms with E-state index in [9.17, 15) is 9.59 Å². The van der Waals surface area contributed by atoms with E-state index in [2.05, 4.69) is 19.1 Å². The second kappa shape index (κ2) is 17.9. The summed E-state index contributed by atoms with van der Waals surface area (Å²) in [5.74, 6) is 0.936. The number of ether oxygens (including phenoxy) is 2. The summed E-state index contributed by atoms with van der Waals surface area (Å²) in [4.78, 5) is 27.6. The molecule has 4 nitrogen and oxygen atoms in total. The molecule has 0 radical (unpaired) electrons. The lowest BCUT2D eigenvalue weighted by molar-refractivity contribution is 0.107. The van der Waals surface area contributed by atoms with Gasteiger partial charge in [-0.3, -0.25) is 9.59 Å². The van der Waals surface area contributed by atoms with Crippen molar-refractivity contribution in [1.29, 1.82) is 0 Å². The lowest BCUT2D eigenvalue weighted by Gasteiger charge is -2.24. The van der Waals surface area contributed by atoms with Gasteiger partial charge in [-0.2, -0.15) is 0 Å². The van der Waals surface area contributed by atoms with Crippen molar-refractivity contribution in [2.45, 2.75) is 28.2 Å². The lowest BCUT2D eigenvalue weighted by atomic mass is 10.0. The predicted molar refractivity (Wildman–Crippen MR) is 228 cm³/mol. The Hall–Kier alpha value is -4.44. The summed E-state index contributed by atoms with van der Waals surface area (Å²) >= 11 is 12.3. The molecule has 52 heavy (non-hydrogen) atoms. The quantitative estimate of drug-likeness (QED) is 0.130. The minimum absolute atomic E-state index is 0. The Bertz CT molecular complexity index is 2110. The molecule has 0 amide bonds. The maximum atomic E-state index is 13.8. The van der Waals surface area contributed by atoms with Gasteiger partial charge in [0.2, 0.25) is 11.0 Å². The van der Waals surface area contributed by atoms with Gasteiger partial charge in [-0.15, -0.1) is 0 Å². The molecule has 0 saturated heterocycles. The number of carbonyl (C=O) groups is 2. The monoisotopic (exact) mass is 762 g/mol. The highest BCUT2D eigenvalue weighted by molar-refractivity contribution is 8.30. The van der Waals surface area contributed by atoms with Gasteiger partial charge in [0.25, 0.3) is 0 Å².